The molecule has 1 aliphatic heterocycles. The summed E-state index contributed by atoms with van der Waals surface area (Å²) in [4.78, 5) is 32.8. The van der Waals surface area contributed by atoms with Gasteiger partial charge in [-0.15, -0.1) is 0 Å². The number of anilines is 1. The molecule has 0 bridgehead atoms. The van der Waals surface area contributed by atoms with E-state index in [-0.39, 0.29) is 11.8 Å². The highest BCUT2D eigenvalue weighted by atomic mass is 16.2. The number of benzene rings is 2. The molecule has 0 saturated heterocycles. The van der Waals surface area contributed by atoms with Crippen LogP contribution in [0.15, 0.2) is 43.0 Å². The number of ketones is 1. The molecule has 2 heterocycles. The predicted molar refractivity (Wildman–Crippen MR) is 115 cm³/mol. The van der Waals surface area contributed by atoms with Gasteiger partial charge in [0.1, 0.15) is 5.69 Å². The average molecular weight is 388 g/mol. The van der Waals surface area contributed by atoms with Gasteiger partial charge in [-0.2, -0.15) is 0 Å². The van der Waals surface area contributed by atoms with E-state index in [0.717, 1.165) is 10.9 Å². The number of rotatable bonds is 4. The molecule has 0 N–H and O–H groups in total. The highest BCUT2D eigenvalue weighted by Crippen LogP contribution is 2.36. The van der Waals surface area contributed by atoms with Crippen molar-refractivity contribution in [3.8, 4) is 0 Å². The molecule has 0 radical (unpaired) electrons. The second-order valence-corrected chi connectivity index (χ2v) is 7.41. The minimum atomic E-state index is -0.178. The van der Waals surface area contributed by atoms with Gasteiger partial charge in [-0.25, -0.2) is 9.78 Å². The Morgan fingerprint density at radius 1 is 1.17 bits per heavy atom. The minimum absolute atomic E-state index is 0.144. The number of hydrogen-bond acceptors (Lipinski definition) is 3. The molecule has 6 nitrogen and oxygen atoms in total. The van der Waals surface area contributed by atoms with Crippen LogP contribution in [-0.4, -0.2) is 32.8 Å². The van der Waals surface area contributed by atoms with Gasteiger partial charge in [0.05, 0.1) is 12.2 Å². The van der Waals surface area contributed by atoms with Crippen molar-refractivity contribution >= 4 is 34.1 Å². The van der Waals surface area contributed by atoms with Crippen LogP contribution >= 0.6 is 0 Å². The molecule has 29 heavy (non-hydrogen) atoms. The minimum Gasteiger partial charge on any atom is -0.322 e. The zero-order chi connectivity index (χ0) is 20.9. The first-order valence-electron chi connectivity index (χ1n) is 9.67. The van der Waals surface area contributed by atoms with Crippen LogP contribution in [0, 0.1) is 6.92 Å². The first-order valence-corrected chi connectivity index (χ1v) is 9.67. The fourth-order valence-electron chi connectivity index (χ4n) is 4.01. The monoisotopic (exact) mass is 388 g/mol. The van der Waals surface area contributed by atoms with E-state index < -0.39 is 0 Å². The third kappa shape index (κ3) is 2.92. The van der Waals surface area contributed by atoms with Crippen LogP contribution in [0.3, 0.4) is 0 Å². The van der Waals surface area contributed by atoms with E-state index in [1.165, 1.54) is 17.9 Å². The summed E-state index contributed by atoms with van der Waals surface area (Å²) in [5.74, 6) is 0.681. The highest BCUT2D eigenvalue weighted by Gasteiger charge is 2.37. The molecule has 2 amide bonds. The van der Waals surface area contributed by atoms with Gasteiger partial charge in [0.15, 0.2) is 17.4 Å². The molecule has 2 aromatic carbocycles. The second kappa shape index (κ2) is 6.88. The lowest BCUT2D eigenvalue weighted by atomic mass is 10.0. The number of Topliss-reactive ketones (excluding diaryl/α,β-unsaturated/α-hetero) is 1. The smallest absolute Gasteiger partial charge is 0.322 e. The van der Waals surface area contributed by atoms with E-state index in [9.17, 15) is 9.59 Å². The maximum absolute atomic E-state index is 13.2. The quantitative estimate of drug-likeness (QED) is 0.618. The van der Waals surface area contributed by atoms with E-state index in [4.69, 9.17) is 0 Å². The van der Waals surface area contributed by atoms with Crippen LogP contribution in [0.4, 0.5) is 10.6 Å². The van der Waals surface area contributed by atoms with E-state index in [1.807, 2.05) is 19.1 Å². The Balaban J connectivity index is 1.76. The standard InChI is InChI=1S/C23H24N4O2/c1-6-26-22-20(25(5)21(24-22)16(4)28)15(3)27(23(26)29)13-17-10-11-19-14(2)8-7-9-18(19)12-17/h7-12H,3,6,13H2,1-2,4-5H3. The van der Waals surface area contributed by atoms with Gasteiger partial charge in [0.25, 0.3) is 0 Å². The van der Waals surface area contributed by atoms with E-state index in [1.54, 1.807) is 21.4 Å². The summed E-state index contributed by atoms with van der Waals surface area (Å²) >= 11 is 0. The van der Waals surface area contributed by atoms with Gasteiger partial charge in [-0.1, -0.05) is 36.9 Å². The number of carbonyl (C=O) groups excluding carboxylic acids is 2. The first kappa shape index (κ1) is 18.9. The lowest BCUT2D eigenvalue weighted by molar-refractivity contribution is 0.100. The fraction of sp³-hybridized carbons (Fsp3) is 0.261. The summed E-state index contributed by atoms with van der Waals surface area (Å²) in [5, 5.41) is 2.35. The van der Waals surface area contributed by atoms with Crippen LogP contribution in [0.2, 0.25) is 0 Å². The van der Waals surface area contributed by atoms with E-state index in [0.29, 0.717) is 36.1 Å². The Morgan fingerprint density at radius 3 is 2.62 bits per heavy atom. The predicted octanol–water partition coefficient (Wildman–Crippen LogP) is 4.52. The van der Waals surface area contributed by atoms with Crippen molar-refractivity contribution in [1.29, 1.82) is 0 Å². The molecule has 0 spiro atoms. The van der Waals surface area contributed by atoms with Crippen molar-refractivity contribution in [3.63, 3.8) is 0 Å². The third-order valence-corrected chi connectivity index (χ3v) is 5.53. The molecule has 0 unspecified atom stereocenters. The van der Waals surface area contributed by atoms with Crippen molar-refractivity contribution in [2.45, 2.75) is 27.3 Å². The molecule has 0 aliphatic carbocycles. The van der Waals surface area contributed by atoms with Crippen molar-refractivity contribution in [2.75, 3.05) is 11.4 Å². The molecular weight excluding hydrogens is 364 g/mol. The number of hydrogen-bond donors (Lipinski definition) is 0. The Kier molecular flexibility index (Phi) is 4.49. The van der Waals surface area contributed by atoms with Crippen LogP contribution in [0.25, 0.3) is 16.5 Å². The summed E-state index contributed by atoms with van der Waals surface area (Å²) in [6.45, 7) is 10.5. The normalized spacial score (nSPS) is 13.9. The fourth-order valence-corrected chi connectivity index (χ4v) is 4.01. The molecule has 0 saturated carbocycles. The number of nitrogens with zero attached hydrogens (tertiary/aromatic N) is 4. The number of aromatic nitrogens is 2. The second-order valence-electron chi connectivity index (χ2n) is 7.41. The molecule has 0 atom stereocenters. The summed E-state index contributed by atoms with van der Waals surface area (Å²) < 4.78 is 1.73. The number of imidazole rings is 1. The van der Waals surface area contributed by atoms with E-state index >= 15 is 0 Å². The summed E-state index contributed by atoms with van der Waals surface area (Å²) in [5.41, 5.74) is 3.50. The van der Waals surface area contributed by atoms with Crippen LogP contribution in [-0.2, 0) is 13.6 Å². The van der Waals surface area contributed by atoms with Gasteiger partial charge >= 0.3 is 6.03 Å². The number of urea groups is 1. The molecule has 1 aromatic heterocycles. The van der Waals surface area contributed by atoms with E-state index in [2.05, 4.69) is 42.8 Å². The average Bonchev–Trinajstić information content (AvgIpc) is 3.03. The van der Waals surface area contributed by atoms with Crippen LogP contribution in [0.1, 0.15) is 41.3 Å². The summed E-state index contributed by atoms with van der Waals surface area (Å²) in [7, 11) is 1.79. The number of carbonyl (C=O) groups is 2. The van der Waals surface area contributed by atoms with Crippen LogP contribution < -0.4 is 4.90 Å². The largest absolute Gasteiger partial charge is 0.330 e. The maximum Gasteiger partial charge on any atom is 0.330 e. The lowest BCUT2D eigenvalue weighted by Crippen LogP contribution is -2.46. The van der Waals surface area contributed by atoms with Gasteiger partial charge in [-0.3, -0.25) is 14.6 Å². The van der Waals surface area contributed by atoms with Gasteiger partial charge in [0, 0.05) is 20.5 Å². The SMILES string of the molecule is C=C1c2c(nc(C(C)=O)n2C)N(CC)C(=O)N1Cc1ccc2c(C)cccc2c1. The van der Waals surface area contributed by atoms with Crippen molar-refractivity contribution < 1.29 is 9.59 Å². The van der Waals surface area contributed by atoms with Crippen LogP contribution in [0.5, 0.6) is 0 Å². The first-order chi connectivity index (χ1) is 13.8. The Morgan fingerprint density at radius 2 is 1.93 bits per heavy atom. The Hall–Kier alpha value is -3.41. The third-order valence-electron chi connectivity index (χ3n) is 5.53. The number of amides is 2. The molecule has 3 aromatic rings. The molecule has 6 heteroatoms. The molecule has 1 aliphatic rings. The number of fused-ring (bicyclic) bond motifs is 2. The highest BCUT2D eigenvalue weighted by molar-refractivity contribution is 6.04. The summed E-state index contributed by atoms with van der Waals surface area (Å²) in [6.07, 6.45) is 0. The van der Waals surface area contributed by atoms with Gasteiger partial charge in [0.2, 0.25) is 0 Å². The zero-order valence-corrected chi connectivity index (χ0v) is 17.2. The molecule has 148 valence electrons. The summed E-state index contributed by atoms with van der Waals surface area (Å²) in [6, 6.07) is 12.3. The zero-order valence-electron chi connectivity index (χ0n) is 17.2. The number of aryl methyl sites for hydroxylation is 1. The lowest BCUT2D eigenvalue weighted by Gasteiger charge is -2.35. The van der Waals surface area contributed by atoms with Crippen molar-refractivity contribution in [3.05, 3.63) is 65.6 Å². The molecular formula is C23H24N4O2. The maximum atomic E-state index is 13.2. The molecule has 0 fully saturated rings. The van der Waals surface area contributed by atoms with Gasteiger partial charge < -0.3 is 4.57 Å². The van der Waals surface area contributed by atoms with Crippen molar-refractivity contribution in [2.24, 2.45) is 7.05 Å². The van der Waals surface area contributed by atoms with Gasteiger partial charge in [-0.05, 0) is 41.8 Å². The van der Waals surface area contributed by atoms with Crippen molar-refractivity contribution in [1.82, 2.24) is 14.5 Å². The Labute approximate surface area is 170 Å². The Bertz CT molecular complexity index is 1180. The topological polar surface area (TPSA) is 58.4 Å². The molecule has 4 rings (SSSR count).